The topological polar surface area (TPSA) is 84.4 Å². The Kier molecular flexibility index (Phi) is 11.5. The van der Waals surface area contributed by atoms with E-state index in [9.17, 15) is 4.79 Å². The molecule has 0 bridgehead atoms. The summed E-state index contributed by atoms with van der Waals surface area (Å²) in [6, 6.07) is 7.48. The number of aliphatic imine (C=N–C) groups is 1. The summed E-state index contributed by atoms with van der Waals surface area (Å²) in [6.07, 6.45) is 0.749. The van der Waals surface area contributed by atoms with Gasteiger partial charge in [0.1, 0.15) is 24.1 Å². The van der Waals surface area contributed by atoms with Crippen molar-refractivity contribution in [1.29, 1.82) is 0 Å². The van der Waals surface area contributed by atoms with Crippen LogP contribution < -0.4 is 20.1 Å². The third-order valence-corrected chi connectivity index (χ3v) is 3.77. The highest BCUT2D eigenvalue weighted by molar-refractivity contribution is 5.84. The first-order chi connectivity index (χ1) is 13.5. The Morgan fingerprint density at radius 2 is 2.00 bits per heavy atom. The highest BCUT2D eigenvalue weighted by atomic mass is 16.5. The van der Waals surface area contributed by atoms with Crippen molar-refractivity contribution < 1.29 is 19.0 Å². The second kappa shape index (κ2) is 13.7. The fourth-order valence-electron chi connectivity index (χ4n) is 2.18. The Labute approximate surface area is 168 Å². The molecule has 0 aliphatic carbocycles. The van der Waals surface area contributed by atoms with Gasteiger partial charge in [-0.3, -0.25) is 4.79 Å². The minimum atomic E-state index is -0.105. The second-order valence-corrected chi connectivity index (χ2v) is 6.42. The standard InChI is InChI=1S/C20H34N4O4/c1-6-27-12-8-11-21-20(23-15-19(25)24(3)4)22-14-16(2)28-18-10-7-9-17(13-18)26-5/h7,9-10,13,16H,6,8,11-12,14-15H2,1-5H3,(H2,21,22,23). The summed E-state index contributed by atoms with van der Waals surface area (Å²) in [5.74, 6) is 2.00. The lowest BCUT2D eigenvalue weighted by Gasteiger charge is -2.18. The molecule has 1 aromatic carbocycles. The Balaban J connectivity index is 2.55. The monoisotopic (exact) mass is 394 g/mol. The number of rotatable bonds is 12. The number of hydrogen-bond acceptors (Lipinski definition) is 5. The van der Waals surface area contributed by atoms with Gasteiger partial charge in [-0.15, -0.1) is 0 Å². The van der Waals surface area contributed by atoms with Crippen molar-refractivity contribution in [1.82, 2.24) is 15.5 Å². The van der Waals surface area contributed by atoms with E-state index in [4.69, 9.17) is 14.2 Å². The summed E-state index contributed by atoms with van der Waals surface area (Å²) in [4.78, 5) is 17.7. The van der Waals surface area contributed by atoms with Gasteiger partial charge in [-0.05, 0) is 32.4 Å². The molecule has 0 aromatic heterocycles. The molecule has 1 amide bonds. The number of hydrogen-bond donors (Lipinski definition) is 2. The van der Waals surface area contributed by atoms with Crippen LogP contribution in [0.2, 0.25) is 0 Å². The summed E-state index contributed by atoms with van der Waals surface area (Å²) < 4.78 is 16.5. The molecule has 0 aliphatic heterocycles. The zero-order valence-corrected chi connectivity index (χ0v) is 17.7. The van der Waals surface area contributed by atoms with Crippen LogP contribution in [0, 0.1) is 0 Å². The maximum Gasteiger partial charge on any atom is 0.243 e. The van der Waals surface area contributed by atoms with Gasteiger partial charge in [0.05, 0.1) is 13.7 Å². The number of methoxy groups -OCH3 is 1. The highest BCUT2D eigenvalue weighted by Gasteiger charge is 2.08. The van der Waals surface area contributed by atoms with Crippen LogP contribution in [-0.2, 0) is 9.53 Å². The van der Waals surface area contributed by atoms with Crippen LogP contribution in [0.5, 0.6) is 11.5 Å². The van der Waals surface area contributed by atoms with E-state index < -0.39 is 0 Å². The molecule has 8 nitrogen and oxygen atoms in total. The number of nitrogens with zero attached hydrogens (tertiary/aromatic N) is 2. The third kappa shape index (κ3) is 10.0. The van der Waals surface area contributed by atoms with Crippen molar-refractivity contribution in [3.8, 4) is 11.5 Å². The molecule has 1 rings (SSSR count). The largest absolute Gasteiger partial charge is 0.497 e. The molecular formula is C20H34N4O4. The van der Waals surface area contributed by atoms with E-state index >= 15 is 0 Å². The van der Waals surface area contributed by atoms with Gasteiger partial charge in [-0.1, -0.05) is 6.07 Å². The van der Waals surface area contributed by atoms with Gasteiger partial charge >= 0.3 is 0 Å². The summed E-state index contributed by atoms with van der Waals surface area (Å²) in [5, 5.41) is 6.45. The smallest absolute Gasteiger partial charge is 0.243 e. The Bertz CT molecular complexity index is 608. The number of benzene rings is 1. The predicted molar refractivity (Wildman–Crippen MR) is 111 cm³/mol. The van der Waals surface area contributed by atoms with E-state index in [1.165, 1.54) is 4.90 Å². The van der Waals surface area contributed by atoms with Crippen LogP contribution in [0.15, 0.2) is 29.3 Å². The number of guanidine groups is 1. The molecule has 0 saturated carbocycles. The molecule has 0 spiro atoms. The Morgan fingerprint density at radius 1 is 1.25 bits per heavy atom. The maximum atomic E-state index is 11.8. The number of carbonyl (C=O) groups is 1. The number of nitrogens with one attached hydrogen (secondary N) is 2. The van der Waals surface area contributed by atoms with Gasteiger partial charge in [-0.2, -0.15) is 0 Å². The molecule has 158 valence electrons. The average molecular weight is 395 g/mol. The molecule has 0 aliphatic rings. The van der Waals surface area contributed by atoms with E-state index in [1.807, 2.05) is 38.1 Å². The van der Waals surface area contributed by atoms with Crippen molar-refractivity contribution >= 4 is 11.9 Å². The molecule has 1 unspecified atom stereocenters. The molecule has 0 radical (unpaired) electrons. The molecule has 8 heteroatoms. The average Bonchev–Trinajstić information content (AvgIpc) is 2.68. The zero-order chi connectivity index (χ0) is 20.8. The van der Waals surface area contributed by atoms with E-state index in [1.54, 1.807) is 21.2 Å². The van der Waals surface area contributed by atoms with Crippen molar-refractivity contribution in [2.75, 3.05) is 54.1 Å². The molecule has 28 heavy (non-hydrogen) atoms. The minimum Gasteiger partial charge on any atom is -0.497 e. The molecule has 1 atom stereocenters. The van der Waals surface area contributed by atoms with E-state index in [0.717, 1.165) is 17.9 Å². The molecule has 0 heterocycles. The number of amides is 1. The van der Waals surface area contributed by atoms with Crippen molar-refractivity contribution in [3.05, 3.63) is 24.3 Å². The van der Waals surface area contributed by atoms with Crippen LogP contribution >= 0.6 is 0 Å². The summed E-state index contributed by atoms with van der Waals surface area (Å²) in [5.41, 5.74) is 0. The lowest BCUT2D eigenvalue weighted by Crippen LogP contribution is -2.43. The zero-order valence-electron chi connectivity index (χ0n) is 17.7. The normalized spacial score (nSPS) is 12.2. The quantitative estimate of drug-likeness (QED) is 0.318. The number of likely N-dealkylation sites (N-methyl/N-ethyl adjacent to an activating group) is 1. The highest BCUT2D eigenvalue weighted by Crippen LogP contribution is 2.19. The van der Waals surface area contributed by atoms with Gasteiger partial charge in [0.2, 0.25) is 5.91 Å². The molecule has 2 N–H and O–H groups in total. The first kappa shape index (κ1) is 23.6. The molecule has 0 saturated heterocycles. The fourth-order valence-corrected chi connectivity index (χ4v) is 2.18. The van der Waals surface area contributed by atoms with Gasteiger partial charge in [0.25, 0.3) is 0 Å². The maximum absolute atomic E-state index is 11.8. The van der Waals surface area contributed by atoms with Crippen LogP contribution in [0.1, 0.15) is 20.3 Å². The first-order valence-electron chi connectivity index (χ1n) is 9.57. The van der Waals surface area contributed by atoms with Gasteiger partial charge in [-0.25, -0.2) is 4.99 Å². The Hall–Kier alpha value is -2.48. The van der Waals surface area contributed by atoms with Crippen molar-refractivity contribution in [3.63, 3.8) is 0 Å². The van der Waals surface area contributed by atoms with Crippen LogP contribution in [0.25, 0.3) is 0 Å². The van der Waals surface area contributed by atoms with Crippen LogP contribution in [0.4, 0.5) is 0 Å². The van der Waals surface area contributed by atoms with E-state index in [2.05, 4.69) is 15.6 Å². The van der Waals surface area contributed by atoms with E-state index in [0.29, 0.717) is 32.3 Å². The van der Waals surface area contributed by atoms with E-state index in [-0.39, 0.29) is 18.6 Å². The Morgan fingerprint density at radius 3 is 2.68 bits per heavy atom. The summed E-state index contributed by atoms with van der Waals surface area (Å²) >= 11 is 0. The fraction of sp³-hybridized carbons (Fsp3) is 0.600. The minimum absolute atomic E-state index is 0.0592. The van der Waals surface area contributed by atoms with Gasteiger partial charge in [0, 0.05) is 39.9 Å². The van der Waals surface area contributed by atoms with Crippen molar-refractivity contribution in [2.24, 2.45) is 4.99 Å². The molecule has 1 aromatic rings. The lowest BCUT2D eigenvalue weighted by atomic mass is 10.3. The van der Waals surface area contributed by atoms with Crippen LogP contribution in [-0.4, -0.2) is 76.9 Å². The number of carbonyl (C=O) groups excluding carboxylic acids is 1. The van der Waals surface area contributed by atoms with Gasteiger partial charge < -0.3 is 29.7 Å². The first-order valence-corrected chi connectivity index (χ1v) is 9.57. The van der Waals surface area contributed by atoms with Crippen molar-refractivity contribution in [2.45, 2.75) is 26.4 Å². The van der Waals surface area contributed by atoms with Gasteiger partial charge in [0.15, 0.2) is 5.96 Å². The predicted octanol–water partition coefficient (Wildman–Crippen LogP) is 1.51. The molecular weight excluding hydrogens is 360 g/mol. The SMILES string of the molecule is CCOCCCNC(=NCC(=O)N(C)C)NCC(C)Oc1cccc(OC)c1. The third-order valence-electron chi connectivity index (χ3n) is 3.77. The van der Waals surface area contributed by atoms with Crippen LogP contribution in [0.3, 0.4) is 0 Å². The lowest BCUT2D eigenvalue weighted by molar-refractivity contribution is -0.127. The summed E-state index contributed by atoms with van der Waals surface area (Å²) in [7, 11) is 5.05. The summed E-state index contributed by atoms with van der Waals surface area (Å²) in [6.45, 7) is 6.64. The second-order valence-electron chi connectivity index (χ2n) is 6.42. The molecule has 0 fully saturated rings. The number of ether oxygens (including phenoxy) is 3.